The number of hydrogen-bond acceptors (Lipinski definition) is 2. The Kier molecular flexibility index (Phi) is 7.67. The van der Waals surface area contributed by atoms with Crippen LogP contribution in [0.15, 0.2) is 205 Å². The molecule has 276 valence electrons. The Morgan fingerprint density at radius 3 is 2.03 bits per heavy atom. The quantitative estimate of drug-likeness (QED) is 0.152. The van der Waals surface area contributed by atoms with E-state index >= 15 is 0 Å². The van der Waals surface area contributed by atoms with Gasteiger partial charge in [0.15, 0.2) is 0 Å². The lowest BCUT2D eigenvalue weighted by atomic mass is 9.82. The summed E-state index contributed by atoms with van der Waals surface area (Å²) in [4.78, 5) is 2.38. The van der Waals surface area contributed by atoms with Gasteiger partial charge in [-0.05, 0) is 88.3 Å². The van der Waals surface area contributed by atoms with Crippen LogP contribution >= 0.6 is 0 Å². The summed E-state index contributed by atoms with van der Waals surface area (Å²) in [6.45, 7) is 8.98. The molecule has 0 saturated heterocycles. The molecule has 10 aromatic rings. The van der Waals surface area contributed by atoms with Gasteiger partial charge in [-0.15, -0.1) is 0 Å². The first-order valence-electron chi connectivity index (χ1n) is 20.0. The Morgan fingerprint density at radius 2 is 1.24 bits per heavy atom. The molecule has 8 aromatic carbocycles. The van der Waals surface area contributed by atoms with Gasteiger partial charge in [0.05, 0.1) is 22.4 Å². The molecule has 0 atom stereocenters. The highest BCUT2D eigenvalue weighted by molar-refractivity contribution is 6.16. The van der Waals surface area contributed by atoms with Gasteiger partial charge in [-0.25, -0.2) is 0 Å². The van der Waals surface area contributed by atoms with Crippen molar-refractivity contribution in [2.45, 2.75) is 19.3 Å². The van der Waals surface area contributed by atoms with Crippen LogP contribution in [0.1, 0.15) is 25.0 Å². The van der Waals surface area contributed by atoms with E-state index in [4.69, 9.17) is 4.42 Å². The fourth-order valence-electron chi connectivity index (χ4n) is 9.49. The molecule has 3 heteroatoms. The summed E-state index contributed by atoms with van der Waals surface area (Å²) >= 11 is 0. The molecule has 1 aliphatic carbocycles. The summed E-state index contributed by atoms with van der Waals surface area (Å²) in [6.07, 6.45) is 8.52. The fraction of sp³-hybridized carbons (Fsp3) is 0.0545. The summed E-state index contributed by atoms with van der Waals surface area (Å²) in [5.41, 5.74) is 14.7. The van der Waals surface area contributed by atoms with Crippen molar-refractivity contribution in [1.29, 1.82) is 0 Å². The van der Waals surface area contributed by atoms with Crippen molar-refractivity contribution >= 4 is 71.6 Å². The van der Waals surface area contributed by atoms with E-state index in [1.165, 1.54) is 38.4 Å². The van der Waals surface area contributed by atoms with Gasteiger partial charge in [0.2, 0.25) is 0 Å². The van der Waals surface area contributed by atoms with Crippen LogP contribution in [0.25, 0.3) is 82.5 Å². The van der Waals surface area contributed by atoms with Crippen molar-refractivity contribution in [1.82, 2.24) is 4.57 Å². The zero-order valence-corrected chi connectivity index (χ0v) is 32.5. The van der Waals surface area contributed by atoms with Crippen LogP contribution < -0.4 is 4.90 Å². The number of anilines is 2. The standard InChI is InChI=1S/C55H40N2O/c1-4-38(57-49-27-13-9-21-41(49)42-22-10-14-28-50(42)57)18-16-34-56(51-29-15-25-47-53(51)44-23-7-11-24-46(44)55(47,2)3)48-26-12-8-19-39(48)37-31-33-52-45(35-37)43-32-30-36-17-5-6-20-40(36)54(43)58-52/h4-35H,1H2,2-3H3/b34-16+,38-18+. The van der Waals surface area contributed by atoms with Crippen molar-refractivity contribution in [3.8, 4) is 22.3 Å². The number of fused-ring (bicyclic) bond motifs is 11. The maximum absolute atomic E-state index is 6.54. The molecule has 0 unspecified atom stereocenters. The van der Waals surface area contributed by atoms with Crippen LogP contribution in [-0.4, -0.2) is 4.57 Å². The first kappa shape index (κ1) is 33.9. The Hall–Kier alpha value is -7.36. The number of nitrogens with zero attached hydrogens (tertiary/aromatic N) is 2. The molecule has 0 radical (unpaired) electrons. The highest BCUT2D eigenvalue weighted by atomic mass is 16.3. The van der Waals surface area contributed by atoms with Gasteiger partial charge >= 0.3 is 0 Å². The van der Waals surface area contributed by atoms with E-state index in [0.29, 0.717) is 0 Å². The van der Waals surface area contributed by atoms with Gasteiger partial charge in [-0.3, -0.25) is 0 Å². The predicted octanol–water partition coefficient (Wildman–Crippen LogP) is 15.2. The van der Waals surface area contributed by atoms with Crippen molar-refractivity contribution in [2.24, 2.45) is 0 Å². The molecule has 11 rings (SSSR count). The molecule has 2 aromatic heterocycles. The van der Waals surface area contributed by atoms with Crippen molar-refractivity contribution in [3.63, 3.8) is 0 Å². The Balaban J connectivity index is 1.11. The topological polar surface area (TPSA) is 21.3 Å². The molecule has 0 N–H and O–H groups in total. The zero-order valence-electron chi connectivity index (χ0n) is 32.5. The number of para-hydroxylation sites is 3. The minimum atomic E-state index is -0.138. The second-order valence-corrected chi connectivity index (χ2v) is 15.7. The van der Waals surface area contributed by atoms with Crippen molar-refractivity contribution < 1.29 is 4.42 Å². The van der Waals surface area contributed by atoms with Gasteiger partial charge in [0.25, 0.3) is 0 Å². The lowest BCUT2D eigenvalue weighted by molar-refractivity contribution is 0.660. The summed E-state index contributed by atoms with van der Waals surface area (Å²) in [5.74, 6) is 0. The minimum Gasteiger partial charge on any atom is -0.455 e. The zero-order chi connectivity index (χ0) is 39.0. The van der Waals surface area contributed by atoms with Gasteiger partial charge < -0.3 is 13.9 Å². The van der Waals surface area contributed by atoms with Crippen molar-refractivity contribution in [3.05, 3.63) is 212 Å². The Morgan fingerprint density at radius 1 is 0.586 bits per heavy atom. The maximum atomic E-state index is 6.54. The smallest absolute Gasteiger partial charge is 0.143 e. The molecule has 1 aliphatic rings. The molecule has 58 heavy (non-hydrogen) atoms. The SMILES string of the molecule is C=C/C(=C\C=C\N(c1ccccc1-c1ccc2oc3c4ccccc4ccc3c2c1)c1cccc2c1-c1ccccc1C2(C)C)n1c2ccccc2c2ccccc21. The lowest BCUT2D eigenvalue weighted by Gasteiger charge is -2.27. The first-order valence-corrected chi connectivity index (χ1v) is 20.0. The lowest BCUT2D eigenvalue weighted by Crippen LogP contribution is -2.16. The third kappa shape index (κ3) is 5.06. The Bertz CT molecular complexity index is 3300. The minimum absolute atomic E-state index is 0.138. The van der Waals surface area contributed by atoms with Crippen molar-refractivity contribution in [2.75, 3.05) is 4.90 Å². The van der Waals surface area contributed by atoms with E-state index in [1.807, 2.05) is 6.08 Å². The number of hydrogen-bond donors (Lipinski definition) is 0. The molecule has 3 nitrogen and oxygen atoms in total. The molecular formula is C55H40N2O. The third-order valence-electron chi connectivity index (χ3n) is 12.2. The monoisotopic (exact) mass is 744 g/mol. The number of aromatic nitrogens is 1. The number of benzene rings is 8. The van der Waals surface area contributed by atoms with E-state index in [-0.39, 0.29) is 5.41 Å². The van der Waals surface area contributed by atoms with Gasteiger partial charge in [-0.1, -0.05) is 148 Å². The maximum Gasteiger partial charge on any atom is 0.143 e. The highest BCUT2D eigenvalue weighted by Crippen LogP contribution is 2.53. The summed E-state index contributed by atoms with van der Waals surface area (Å²) in [7, 11) is 0. The molecule has 0 bridgehead atoms. The van der Waals surface area contributed by atoms with Crippen LogP contribution in [0, 0.1) is 0 Å². The van der Waals surface area contributed by atoms with E-state index < -0.39 is 0 Å². The molecule has 2 heterocycles. The van der Waals surface area contributed by atoms with E-state index in [2.05, 4.69) is 218 Å². The second-order valence-electron chi connectivity index (χ2n) is 15.7. The van der Waals surface area contributed by atoms with Crippen LogP contribution in [-0.2, 0) is 5.41 Å². The van der Waals surface area contributed by atoms with Gasteiger partial charge in [0.1, 0.15) is 11.2 Å². The van der Waals surface area contributed by atoms with Crippen LogP contribution in [0.2, 0.25) is 0 Å². The molecule has 0 fully saturated rings. The number of furan rings is 1. The normalized spacial score (nSPS) is 13.6. The molecular weight excluding hydrogens is 705 g/mol. The largest absolute Gasteiger partial charge is 0.455 e. The summed E-state index contributed by atoms with van der Waals surface area (Å²) < 4.78 is 8.85. The fourth-order valence-corrected chi connectivity index (χ4v) is 9.49. The van der Waals surface area contributed by atoms with Crippen LogP contribution in [0.4, 0.5) is 11.4 Å². The van der Waals surface area contributed by atoms with Gasteiger partial charge in [0, 0.05) is 55.4 Å². The molecule has 0 spiro atoms. The van der Waals surface area contributed by atoms with E-state index in [1.54, 1.807) is 0 Å². The third-order valence-corrected chi connectivity index (χ3v) is 12.2. The molecule has 0 saturated carbocycles. The summed E-state index contributed by atoms with van der Waals surface area (Å²) in [6, 6.07) is 61.1. The summed E-state index contributed by atoms with van der Waals surface area (Å²) in [5, 5.41) is 6.98. The molecule has 0 amide bonds. The number of rotatable bonds is 7. The Labute approximate surface area is 337 Å². The average molecular weight is 745 g/mol. The van der Waals surface area contributed by atoms with E-state index in [0.717, 1.165) is 66.6 Å². The average Bonchev–Trinajstić information content (AvgIpc) is 3.89. The molecule has 0 aliphatic heterocycles. The van der Waals surface area contributed by atoms with E-state index in [9.17, 15) is 0 Å². The van der Waals surface area contributed by atoms with Gasteiger partial charge in [-0.2, -0.15) is 0 Å². The van der Waals surface area contributed by atoms with Crippen LogP contribution in [0.5, 0.6) is 0 Å². The highest BCUT2D eigenvalue weighted by Gasteiger charge is 2.37. The van der Waals surface area contributed by atoms with Crippen LogP contribution in [0.3, 0.4) is 0 Å². The predicted molar refractivity (Wildman–Crippen MR) is 246 cm³/mol. The second kappa shape index (κ2) is 13.1. The number of allylic oxidation sites excluding steroid dienone is 4. The first-order chi connectivity index (χ1) is 28.5.